The third kappa shape index (κ3) is 4.54. The molecule has 2 aliphatic rings. The van der Waals surface area contributed by atoms with Crippen LogP contribution < -0.4 is 5.32 Å². The number of ether oxygens (including phenoxy) is 1. The van der Waals surface area contributed by atoms with E-state index in [2.05, 4.69) is 10.3 Å². The summed E-state index contributed by atoms with van der Waals surface area (Å²) in [6.45, 7) is 2.95. The van der Waals surface area contributed by atoms with E-state index < -0.39 is 0 Å². The van der Waals surface area contributed by atoms with Gasteiger partial charge in [0, 0.05) is 32.5 Å². The maximum absolute atomic E-state index is 12.5. The smallest absolute Gasteiger partial charge is 0.242 e. The number of nitrogens with one attached hydrogen (secondary N) is 1. The first-order valence-electron chi connectivity index (χ1n) is 8.68. The second-order valence-electron chi connectivity index (χ2n) is 6.73. The first-order valence-corrected chi connectivity index (χ1v) is 8.68. The van der Waals surface area contributed by atoms with Gasteiger partial charge in [0.25, 0.3) is 0 Å². The Balaban J connectivity index is 1.66. The van der Waals surface area contributed by atoms with E-state index in [0.29, 0.717) is 12.5 Å². The summed E-state index contributed by atoms with van der Waals surface area (Å²) in [5.74, 6) is 0.470. The van der Waals surface area contributed by atoms with Gasteiger partial charge in [0.2, 0.25) is 11.8 Å². The van der Waals surface area contributed by atoms with Gasteiger partial charge in [0.15, 0.2) is 0 Å². The van der Waals surface area contributed by atoms with Crippen LogP contribution >= 0.6 is 0 Å². The van der Waals surface area contributed by atoms with E-state index in [1.54, 1.807) is 6.20 Å². The second-order valence-corrected chi connectivity index (χ2v) is 6.73. The molecule has 1 aromatic heterocycles. The predicted molar refractivity (Wildman–Crippen MR) is 89.2 cm³/mol. The molecule has 1 N–H and O–H groups in total. The molecule has 0 spiro atoms. The number of likely N-dealkylation sites (tertiary alicyclic amines) is 1. The summed E-state index contributed by atoms with van der Waals surface area (Å²) in [4.78, 5) is 29.6. The summed E-state index contributed by atoms with van der Waals surface area (Å²) in [5.41, 5.74) is 1.10. The molecule has 2 fully saturated rings. The molecule has 0 bridgehead atoms. The first kappa shape index (κ1) is 16.9. The van der Waals surface area contributed by atoms with Gasteiger partial charge in [-0.1, -0.05) is 6.07 Å². The Morgan fingerprint density at radius 1 is 1.38 bits per heavy atom. The molecule has 1 aliphatic heterocycles. The van der Waals surface area contributed by atoms with E-state index in [1.165, 1.54) is 19.8 Å². The molecule has 130 valence electrons. The Labute approximate surface area is 142 Å². The molecule has 1 aliphatic carbocycles. The van der Waals surface area contributed by atoms with E-state index in [4.69, 9.17) is 4.74 Å². The van der Waals surface area contributed by atoms with Gasteiger partial charge in [-0.25, -0.2) is 0 Å². The number of rotatable bonds is 7. The topological polar surface area (TPSA) is 71.5 Å². The van der Waals surface area contributed by atoms with Crippen molar-refractivity contribution in [2.24, 2.45) is 5.92 Å². The highest BCUT2D eigenvalue weighted by Crippen LogP contribution is 2.31. The highest BCUT2D eigenvalue weighted by molar-refractivity contribution is 5.84. The largest absolute Gasteiger partial charge is 0.376 e. The van der Waals surface area contributed by atoms with Crippen LogP contribution in [0.5, 0.6) is 0 Å². The lowest BCUT2D eigenvalue weighted by Gasteiger charge is -2.28. The lowest BCUT2D eigenvalue weighted by atomic mass is 10.0. The van der Waals surface area contributed by atoms with Crippen LogP contribution in [0.4, 0.5) is 0 Å². The van der Waals surface area contributed by atoms with Crippen molar-refractivity contribution in [3.63, 3.8) is 0 Å². The summed E-state index contributed by atoms with van der Waals surface area (Å²) >= 11 is 0. The number of aromatic nitrogens is 1. The number of amides is 2. The fraction of sp³-hybridized carbons (Fsp3) is 0.611. The number of carbonyl (C=O) groups is 2. The van der Waals surface area contributed by atoms with Gasteiger partial charge in [-0.15, -0.1) is 0 Å². The van der Waals surface area contributed by atoms with E-state index in [9.17, 15) is 9.59 Å². The molecule has 2 amide bonds. The molecule has 1 saturated carbocycles. The Hall–Kier alpha value is -1.95. The molecule has 3 rings (SSSR count). The van der Waals surface area contributed by atoms with Crippen molar-refractivity contribution in [2.75, 3.05) is 19.7 Å². The molecule has 1 aromatic rings. The van der Waals surface area contributed by atoms with Gasteiger partial charge in [0.05, 0.1) is 18.7 Å². The SMILES string of the molecule is CC(=O)NCC(=O)N1CC[C@@H](OCC2CC2)[C@@H]1Cc1cccnc1. The third-order valence-corrected chi connectivity index (χ3v) is 4.70. The van der Waals surface area contributed by atoms with Gasteiger partial charge >= 0.3 is 0 Å². The number of hydrogen-bond donors (Lipinski definition) is 1. The molecule has 0 radical (unpaired) electrons. The zero-order valence-corrected chi connectivity index (χ0v) is 14.1. The molecule has 24 heavy (non-hydrogen) atoms. The van der Waals surface area contributed by atoms with Crippen LogP contribution in [0, 0.1) is 5.92 Å². The van der Waals surface area contributed by atoms with Crippen molar-refractivity contribution in [1.29, 1.82) is 0 Å². The van der Waals surface area contributed by atoms with Gasteiger partial charge in [-0.2, -0.15) is 0 Å². The van der Waals surface area contributed by atoms with E-state index >= 15 is 0 Å². The molecule has 0 unspecified atom stereocenters. The number of nitrogens with zero attached hydrogens (tertiary/aromatic N) is 2. The van der Waals surface area contributed by atoms with E-state index in [0.717, 1.165) is 25.0 Å². The van der Waals surface area contributed by atoms with Crippen LogP contribution in [0.2, 0.25) is 0 Å². The molecule has 6 nitrogen and oxygen atoms in total. The van der Waals surface area contributed by atoms with Crippen LogP contribution in [0.25, 0.3) is 0 Å². The Bertz CT molecular complexity index is 574. The monoisotopic (exact) mass is 331 g/mol. The standard InChI is InChI=1S/C18H25N3O3/c1-13(22)20-11-18(23)21-8-6-17(24-12-14-4-5-14)16(21)9-15-3-2-7-19-10-15/h2-3,7,10,14,16-17H,4-6,8-9,11-12H2,1H3,(H,20,22)/t16-,17+/m0/s1. The summed E-state index contributed by atoms with van der Waals surface area (Å²) in [6.07, 6.45) is 7.74. The molecule has 1 saturated heterocycles. The second kappa shape index (κ2) is 7.75. The number of carbonyl (C=O) groups excluding carboxylic acids is 2. The average Bonchev–Trinajstić information content (AvgIpc) is 3.33. The first-order chi connectivity index (χ1) is 11.6. The van der Waals surface area contributed by atoms with Crippen molar-refractivity contribution in [1.82, 2.24) is 15.2 Å². The lowest BCUT2D eigenvalue weighted by Crippen LogP contribution is -2.46. The minimum atomic E-state index is -0.187. The van der Waals surface area contributed by atoms with Crippen LogP contribution in [-0.2, 0) is 20.7 Å². The number of pyridine rings is 1. The maximum atomic E-state index is 12.5. The molecule has 0 aromatic carbocycles. The van der Waals surface area contributed by atoms with Crippen LogP contribution in [0.1, 0.15) is 31.7 Å². The Morgan fingerprint density at radius 3 is 2.88 bits per heavy atom. The van der Waals surface area contributed by atoms with Crippen LogP contribution in [0.15, 0.2) is 24.5 Å². The fourth-order valence-electron chi connectivity index (χ4n) is 3.18. The minimum Gasteiger partial charge on any atom is -0.376 e. The van der Waals surface area contributed by atoms with Crippen molar-refractivity contribution in [3.8, 4) is 0 Å². The predicted octanol–water partition coefficient (Wildman–Crippen LogP) is 1.16. The van der Waals surface area contributed by atoms with E-state index in [-0.39, 0.29) is 30.5 Å². The maximum Gasteiger partial charge on any atom is 0.242 e. The Morgan fingerprint density at radius 2 is 2.21 bits per heavy atom. The molecule has 6 heteroatoms. The summed E-state index contributed by atoms with van der Waals surface area (Å²) in [6, 6.07) is 3.95. The summed E-state index contributed by atoms with van der Waals surface area (Å²) < 4.78 is 6.12. The normalized spacial score (nSPS) is 23.3. The van der Waals surface area contributed by atoms with Crippen LogP contribution in [-0.4, -0.2) is 53.5 Å². The molecular formula is C18H25N3O3. The average molecular weight is 331 g/mol. The Kier molecular flexibility index (Phi) is 5.45. The highest BCUT2D eigenvalue weighted by atomic mass is 16.5. The van der Waals surface area contributed by atoms with Gasteiger partial charge in [-0.3, -0.25) is 14.6 Å². The van der Waals surface area contributed by atoms with Crippen molar-refractivity contribution >= 4 is 11.8 Å². The lowest BCUT2D eigenvalue weighted by molar-refractivity contribution is -0.134. The summed E-state index contributed by atoms with van der Waals surface area (Å²) in [5, 5.41) is 2.60. The molecule has 2 atom stereocenters. The van der Waals surface area contributed by atoms with Gasteiger partial charge < -0.3 is 15.0 Å². The van der Waals surface area contributed by atoms with Crippen LogP contribution in [0.3, 0.4) is 0 Å². The zero-order valence-electron chi connectivity index (χ0n) is 14.1. The highest BCUT2D eigenvalue weighted by Gasteiger charge is 2.38. The van der Waals surface area contributed by atoms with Crippen molar-refractivity contribution in [2.45, 2.75) is 44.8 Å². The molecule has 2 heterocycles. The third-order valence-electron chi connectivity index (χ3n) is 4.70. The van der Waals surface area contributed by atoms with Gasteiger partial charge in [0.1, 0.15) is 0 Å². The zero-order chi connectivity index (χ0) is 16.9. The minimum absolute atomic E-state index is 0.00853. The van der Waals surface area contributed by atoms with Gasteiger partial charge in [-0.05, 0) is 43.2 Å². The van der Waals surface area contributed by atoms with E-state index in [1.807, 2.05) is 23.2 Å². The summed E-state index contributed by atoms with van der Waals surface area (Å²) in [7, 11) is 0. The fourth-order valence-corrected chi connectivity index (χ4v) is 3.18. The quantitative estimate of drug-likeness (QED) is 0.814. The molecular weight excluding hydrogens is 306 g/mol. The van der Waals surface area contributed by atoms with Crippen molar-refractivity contribution in [3.05, 3.63) is 30.1 Å². The van der Waals surface area contributed by atoms with Crippen molar-refractivity contribution < 1.29 is 14.3 Å². The number of hydrogen-bond acceptors (Lipinski definition) is 4.